The number of thioether (sulfide) groups is 1. The molecule has 6 heteroatoms. The molecule has 0 spiro atoms. The first-order chi connectivity index (χ1) is 6.72. The van der Waals surface area contributed by atoms with Crippen LogP contribution in [0, 0.1) is 0 Å². The van der Waals surface area contributed by atoms with Crippen LogP contribution in [0.25, 0.3) is 0 Å². The van der Waals surface area contributed by atoms with Gasteiger partial charge in [-0.25, -0.2) is 14.8 Å². The van der Waals surface area contributed by atoms with Crippen molar-refractivity contribution < 1.29 is 9.53 Å². The summed E-state index contributed by atoms with van der Waals surface area (Å²) < 4.78 is 4.89. The molecule has 2 rings (SSSR count). The summed E-state index contributed by atoms with van der Waals surface area (Å²) >= 11 is 1.44. The number of anilines is 1. The molecule has 0 bridgehead atoms. The zero-order chi connectivity index (χ0) is 10.1. The maximum atomic E-state index is 11.2. The van der Waals surface area contributed by atoms with Gasteiger partial charge in [0.1, 0.15) is 12.4 Å². The summed E-state index contributed by atoms with van der Waals surface area (Å²) in [5.41, 5.74) is 0.838. The number of cyclic esters (lactones) is 1. The van der Waals surface area contributed by atoms with E-state index in [1.54, 1.807) is 13.2 Å². The first-order valence-corrected chi connectivity index (χ1v) is 5.25. The van der Waals surface area contributed by atoms with E-state index in [2.05, 4.69) is 9.97 Å². The Bertz CT molecular complexity index is 383. The maximum absolute atomic E-state index is 11.2. The van der Waals surface area contributed by atoms with Gasteiger partial charge >= 0.3 is 6.09 Å². The lowest BCUT2D eigenvalue weighted by Gasteiger charge is -2.23. The molecule has 1 aliphatic heterocycles. The molecule has 0 atom stereocenters. The highest BCUT2D eigenvalue weighted by Crippen LogP contribution is 2.24. The van der Waals surface area contributed by atoms with Gasteiger partial charge in [-0.2, -0.15) is 0 Å². The molecular formula is C8H9N3O2S. The van der Waals surface area contributed by atoms with Crippen LogP contribution in [0.15, 0.2) is 11.4 Å². The molecule has 14 heavy (non-hydrogen) atoms. The molecule has 2 heterocycles. The van der Waals surface area contributed by atoms with Gasteiger partial charge < -0.3 is 4.74 Å². The number of nitrogens with zero attached hydrogens (tertiary/aromatic N) is 3. The third-order valence-corrected chi connectivity index (χ3v) is 2.51. The van der Waals surface area contributed by atoms with Gasteiger partial charge in [0, 0.05) is 13.2 Å². The summed E-state index contributed by atoms with van der Waals surface area (Å²) in [6.45, 7) is 0.257. The fourth-order valence-electron chi connectivity index (χ4n) is 1.20. The zero-order valence-electron chi connectivity index (χ0n) is 7.85. The first kappa shape index (κ1) is 9.26. The zero-order valence-corrected chi connectivity index (χ0v) is 8.67. The van der Waals surface area contributed by atoms with Gasteiger partial charge in [-0.1, -0.05) is 11.8 Å². The molecule has 0 fully saturated rings. The Hall–Kier alpha value is -1.30. The van der Waals surface area contributed by atoms with Crippen LogP contribution in [-0.2, 0) is 11.3 Å². The Labute approximate surface area is 85.5 Å². The van der Waals surface area contributed by atoms with Crippen molar-refractivity contribution in [2.75, 3.05) is 18.2 Å². The number of carbonyl (C=O) groups excluding carboxylic acids is 1. The van der Waals surface area contributed by atoms with Gasteiger partial charge in [0.05, 0.1) is 5.56 Å². The summed E-state index contributed by atoms with van der Waals surface area (Å²) in [6.07, 6.45) is 3.21. The van der Waals surface area contributed by atoms with Crippen molar-refractivity contribution in [1.29, 1.82) is 0 Å². The third kappa shape index (κ3) is 1.41. The van der Waals surface area contributed by atoms with Crippen LogP contribution in [0.1, 0.15) is 5.56 Å². The van der Waals surface area contributed by atoms with Crippen molar-refractivity contribution in [2.45, 2.75) is 11.8 Å². The van der Waals surface area contributed by atoms with Crippen LogP contribution in [0.2, 0.25) is 0 Å². The second-order valence-electron chi connectivity index (χ2n) is 2.82. The number of hydrogen-bond acceptors (Lipinski definition) is 5. The van der Waals surface area contributed by atoms with E-state index in [1.807, 2.05) is 6.26 Å². The van der Waals surface area contributed by atoms with Crippen molar-refractivity contribution >= 4 is 23.7 Å². The van der Waals surface area contributed by atoms with Gasteiger partial charge in [-0.3, -0.25) is 4.90 Å². The van der Waals surface area contributed by atoms with E-state index in [0.717, 1.165) is 5.56 Å². The van der Waals surface area contributed by atoms with Crippen LogP contribution < -0.4 is 4.90 Å². The molecule has 0 saturated carbocycles. The number of ether oxygens (including phenoxy) is 1. The average Bonchev–Trinajstić information content (AvgIpc) is 2.23. The SMILES string of the molecule is CSc1ncc2c(n1)N(C)C(=O)OC2. The average molecular weight is 211 g/mol. The minimum Gasteiger partial charge on any atom is -0.444 e. The van der Waals surface area contributed by atoms with Crippen LogP contribution in [-0.4, -0.2) is 29.4 Å². The molecule has 0 saturated heterocycles. The molecule has 0 aromatic carbocycles. The molecule has 0 N–H and O–H groups in total. The first-order valence-electron chi connectivity index (χ1n) is 4.02. The van der Waals surface area contributed by atoms with E-state index in [-0.39, 0.29) is 12.7 Å². The lowest BCUT2D eigenvalue weighted by molar-refractivity contribution is 0.142. The Morgan fingerprint density at radius 2 is 2.43 bits per heavy atom. The van der Waals surface area contributed by atoms with E-state index in [0.29, 0.717) is 11.0 Å². The van der Waals surface area contributed by atoms with Crippen LogP contribution in [0.5, 0.6) is 0 Å². The number of amides is 1. The van der Waals surface area contributed by atoms with E-state index < -0.39 is 0 Å². The summed E-state index contributed by atoms with van der Waals surface area (Å²) in [5.74, 6) is 0.639. The Morgan fingerprint density at radius 3 is 3.14 bits per heavy atom. The van der Waals surface area contributed by atoms with Crippen molar-refractivity contribution in [3.63, 3.8) is 0 Å². The van der Waals surface area contributed by atoms with Crippen molar-refractivity contribution in [2.24, 2.45) is 0 Å². The molecule has 5 nitrogen and oxygen atoms in total. The van der Waals surface area contributed by atoms with Gasteiger partial charge in [-0.15, -0.1) is 0 Å². The highest BCUT2D eigenvalue weighted by atomic mass is 32.2. The molecule has 1 aromatic rings. The number of hydrogen-bond donors (Lipinski definition) is 0. The van der Waals surface area contributed by atoms with Crippen molar-refractivity contribution in [1.82, 2.24) is 9.97 Å². The largest absolute Gasteiger partial charge is 0.444 e. The van der Waals surface area contributed by atoms with E-state index in [9.17, 15) is 4.79 Å². The molecular weight excluding hydrogens is 202 g/mol. The maximum Gasteiger partial charge on any atom is 0.415 e. The Kier molecular flexibility index (Phi) is 2.28. The summed E-state index contributed by atoms with van der Waals surface area (Å²) in [7, 11) is 1.64. The highest BCUT2D eigenvalue weighted by Gasteiger charge is 2.24. The van der Waals surface area contributed by atoms with Gasteiger partial charge in [-0.05, 0) is 6.26 Å². The van der Waals surface area contributed by atoms with Gasteiger partial charge in [0.25, 0.3) is 0 Å². The molecule has 0 radical (unpaired) electrons. The minimum absolute atomic E-state index is 0.257. The lowest BCUT2D eigenvalue weighted by Crippen LogP contribution is -2.33. The fourth-order valence-corrected chi connectivity index (χ4v) is 1.53. The van der Waals surface area contributed by atoms with Crippen LogP contribution >= 0.6 is 11.8 Å². The predicted octanol–water partition coefficient (Wildman–Crippen LogP) is 1.28. The Morgan fingerprint density at radius 1 is 1.64 bits per heavy atom. The predicted molar refractivity (Wildman–Crippen MR) is 52.4 cm³/mol. The molecule has 1 aliphatic rings. The fraction of sp³-hybridized carbons (Fsp3) is 0.375. The van der Waals surface area contributed by atoms with Crippen molar-refractivity contribution in [3.05, 3.63) is 11.8 Å². The summed E-state index contributed by atoms with van der Waals surface area (Å²) in [6, 6.07) is 0. The quantitative estimate of drug-likeness (QED) is 0.517. The second kappa shape index (κ2) is 3.45. The van der Waals surface area contributed by atoms with Gasteiger partial charge in [0.15, 0.2) is 5.16 Å². The molecule has 1 aromatic heterocycles. The number of rotatable bonds is 1. The second-order valence-corrected chi connectivity index (χ2v) is 3.59. The van der Waals surface area contributed by atoms with Crippen molar-refractivity contribution in [3.8, 4) is 0 Å². The summed E-state index contributed by atoms with van der Waals surface area (Å²) in [5, 5.41) is 0.658. The smallest absolute Gasteiger partial charge is 0.415 e. The number of fused-ring (bicyclic) bond motifs is 1. The summed E-state index contributed by atoms with van der Waals surface area (Å²) in [4.78, 5) is 20.9. The van der Waals surface area contributed by atoms with Gasteiger partial charge in [0.2, 0.25) is 0 Å². The molecule has 0 unspecified atom stereocenters. The molecule has 1 amide bonds. The molecule has 0 aliphatic carbocycles. The van der Waals surface area contributed by atoms with E-state index in [4.69, 9.17) is 4.74 Å². The Balaban J connectivity index is 2.46. The monoisotopic (exact) mass is 211 g/mol. The lowest BCUT2D eigenvalue weighted by atomic mass is 10.3. The van der Waals surface area contributed by atoms with E-state index in [1.165, 1.54) is 16.7 Å². The van der Waals surface area contributed by atoms with Crippen LogP contribution in [0.4, 0.5) is 10.6 Å². The highest BCUT2D eigenvalue weighted by molar-refractivity contribution is 7.98. The minimum atomic E-state index is -0.372. The molecule has 74 valence electrons. The topological polar surface area (TPSA) is 55.3 Å². The number of aromatic nitrogens is 2. The van der Waals surface area contributed by atoms with Crippen LogP contribution in [0.3, 0.4) is 0 Å². The standard InChI is InChI=1S/C8H9N3O2S/c1-11-6-5(4-13-8(11)12)3-9-7(10-6)14-2/h3H,4H2,1-2H3. The van der Waals surface area contributed by atoms with E-state index >= 15 is 0 Å². The number of carbonyl (C=O) groups is 1. The third-order valence-electron chi connectivity index (χ3n) is 1.94. The normalized spacial score (nSPS) is 15.0.